The highest BCUT2D eigenvalue weighted by Gasteiger charge is 2.35. The van der Waals surface area contributed by atoms with E-state index in [1.165, 1.54) is 6.07 Å². The van der Waals surface area contributed by atoms with Crippen LogP contribution in [-0.2, 0) is 11.0 Å². The second-order valence-corrected chi connectivity index (χ2v) is 8.32. The molecule has 0 aliphatic carbocycles. The summed E-state index contributed by atoms with van der Waals surface area (Å²) >= 11 is 6.68. The van der Waals surface area contributed by atoms with E-state index in [9.17, 15) is 18.0 Å². The highest BCUT2D eigenvalue weighted by atomic mass is 35.5. The maximum atomic E-state index is 13.5. The number of aromatic nitrogens is 2. The number of hydrogen-bond donors (Lipinski definition) is 1. The third kappa shape index (κ3) is 5.55. The Morgan fingerprint density at radius 3 is 2.30 bits per heavy atom. The summed E-state index contributed by atoms with van der Waals surface area (Å²) in [7, 11) is 0. The first-order valence-corrected chi connectivity index (χ1v) is 10.8. The summed E-state index contributed by atoms with van der Waals surface area (Å²) in [6, 6.07) is 20.8. The fourth-order valence-electron chi connectivity index (χ4n) is 3.01. The van der Waals surface area contributed by atoms with E-state index in [1.807, 2.05) is 18.2 Å². The minimum absolute atomic E-state index is 0.0893. The Morgan fingerprint density at radius 2 is 1.64 bits per heavy atom. The van der Waals surface area contributed by atoms with Crippen molar-refractivity contribution in [1.29, 1.82) is 0 Å². The molecule has 0 fully saturated rings. The van der Waals surface area contributed by atoms with Crippen LogP contribution in [0.1, 0.15) is 16.4 Å². The maximum Gasteiger partial charge on any atom is 0.418 e. The summed E-state index contributed by atoms with van der Waals surface area (Å²) in [4.78, 5) is 13.1. The van der Waals surface area contributed by atoms with Crippen molar-refractivity contribution in [1.82, 2.24) is 10.2 Å². The third-order valence-corrected chi connectivity index (χ3v) is 5.85. The number of thioether (sulfide) groups is 1. The molecule has 1 heterocycles. The van der Waals surface area contributed by atoms with Crippen molar-refractivity contribution in [3.8, 4) is 11.5 Å². The van der Waals surface area contributed by atoms with Crippen LogP contribution in [-0.4, -0.2) is 16.1 Å². The molecule has 4 rings (SSSR count). The van der Waals surface area contributed by atoms with Crippen molar-refractivity contribution in [2.24, 2.45) is 0 Å². The fourth-order valence-corrected chi connectivity index (χ4v) is 4.06. The minimum Gasteiger partial charge on any atom is -0.411 e. The topological polar surface area (TPSA) is 68.0 Å². The van der Waals surface area contributed by atoms with Gasteiger partial charge in [0.1, 0.15) is 5.25 Å². The molecule has 1 atom stereocenters. The molecule has 0 aliphatic rings. The zero-order valence-electron chi connectivity index (χ0n) is 16.7. The number of carbonyl (C=O) groups excluding carboxylic acids is 1. The highest BCUT2D eigenvalue weighted by molar-refractivity contribution is 8.00. The molecule has 0 spiro atoms. The molecule has 5 nitrogen and oxygen atoms in total. The van der Waals surface area contributed by atoms with Gasteiger partial charge in [0.15, 0.2) is 0 Å². The van der Waals surface area contributed by atoms with Crippen LogP contribution in [0.25, 0.3) is 11.5 Å². The molecule has 0 aliphatic heterocycles. The van der Waals surface area contributed by atoms with E-state index in [4.69, 9.17) is 16.0 Å². The van der Waals surface area contributed by atoms with Gasteiger partial charge in [-0.15, -0.1) is 10.2 Å². The van der Waals surface area contributed by atoms with E-state index in [-0.39, 0.29) is 16.1 Å². The van der Waals surface area contributed by atoms with Gasteiger partial charge in [-0.1, -0.05) is 60.1 Å². The molecule has 0 unspecified atom stereocenters. The quantitative estimate of drug-likeness (QED) is 0.299. The van der Waals surface area contributed by atoms with Crippen LogP contribution in [0.15, 0.2) is 88.5 Å². The Kier molecular flexibility index (Phi) is 6.71. The number of halogens is 4. The van der Waals surface area contributed by atoms with Crippen LogP contribution >= 0.6 is 23.4 Å². The van der Waals surface area contributed by atoms with Gasteiger partial charge in [0.25, 0.3) is 5.22 Å². The lowest BCUT2D eigenvalue weighted by Gasteiger charge is -2.18. The Bertz CT molecular complexity index is 1250. The minimum atomic E-state index is -4.69. The molecule has 10 heteroatoms. The molecule has 1 N–H and O–H groups in total. The van der Waals surface area contributed by atoms with E-state index in [0.29, 0.717) is 11.1 Å². The maximum absolute atomic E-state index is 13.5. The number of nitrogens with zero attached hydrogens (tertiary/aromatic N) is 2. The molecule has 0 radical (unpaired) electrons. The normalized spacial score (nSPS) is 12.4. The first-order chi connectivity index (χ1) is 15.8. The third-order valence-electron chi connectivity index (χ3n) is 4.53. The van der Waals surface area contributed by atoms with Crippen molar-refractivity contribution in [3.63, 3.8) is 0 Å². The highest BCUT2D eigenvalue weighted by Crippen LogP contribution is 2.39. The average Bonchev–Trinajstić information content (AvgIpc) is 3.28. The largest absolute Gasteiger partial charge is 0.418 e. The fraction of sp³-hybridized carbons (Fsp3) is 0.0870. The Balaban J connectivity index is 1.63. The lowest BCUT2D eigenvalue weighted by molar-refractivity contribution is -0.137. The summed E-state index contributed by atoms with van der Waals surface area (Å²) in [6.45, 7) is 0. The molecule has 168 valence electrons. The molecule has 3 aromatic carbocycles. The Hall–Kier alpha value is -3.30. The van der Waals surface area contributed by atoms with Gasteiger partial charge in [-0.25, -0.2) is 0 Å². The number of benzene rings is 3. The van der Waals surface area contributed by atoms with E-state index in [2.05, 4.69) is 15.5 Å². The van der Waals surface area contributed by atoms with Crippen LogP contribution in [0.5, 0.6) is 0 Å². The first-order valence-electron chi connectivity index (χ1n) is 9.59. The number of nitrogens with one attached hydrogen (secondary N) is 1. The summed E-state index contributed by atoms with van der Waals surface area (Å²) < 4.78 is 46.1. The SMILES string of the molecule is O=C(Nc1ccc(Cl)cc1C(F)(F)F)[C@@H](Sc1nnc(-c2ccccc2)o1)c1ccccc1. The number of anilines is 1. The van der Waals surface area contributed by atoms with Gasteiger partial charge in [0.05, 0.1) is 11.3 Å². The van der Waals surface area contributed by atoms with Gasteiger partial charge in [-0.05, 0) is 47.7 Å². The van der Waals surface area contributed by atoms with E-state index < -0.39 is 28.6 Å². The summed E-state index contributed by atoms with van der Waals surface area (Å²) in [5.41, 5.74) is -0.172. The summed E-state index contributed by atoms with van der Waals surface area (Å²) in [6.07, 6.45) is -4.69. The summed E-state index contributed by atoms with van der Waals surface area (Å²) in [5.74, 6) is -0.416. The number of hydrogen-bond acceptors (Lipinski definition) is 5. The van der Waals surface area contributed by atoms with Gasteiger partial charge < -0.3 is 9.73 Å². The van der Waals surface area contributed by atoms with Crippen molar-refractivity contribution in [3.05, 3.63) is 95.0 Å². The standard InChI is InChI=1S/C23H15ClF3N3O2S/c24-16-11-12-18(17(13-16)23(25,26)27)28-20(31)19(14-7-3-1-4-8-14)33-22-30-29-21(32-22)15-9-5-2-6-10-15/h1-13,19H,(H,28,31)/t19-/m0/s1. The van der Waals surface area contributed by atoms with Crippen molar-refractivity contribution in [2.45, 2.75) is 16.6 Å². The van der Waals surface area contributed by atoms with Gasteiger partial charge in [-0.2, -0.15) is 13.2 Å². The average molecular weight is 490 g/mol. The monoisotopic (exact) mass is 489 g/mol. The molecule has 0 saturated carbocycles. The number of alkyl halides is 3. The van der Waals surface area contributed by atoms with E-state index in [0.717, 1.165) is 23.9 Å². The molecule has 4 aromatic rings. The molecular weight excluding hydrogens is 475 g/mol. The zero-order chi connectivity index (χ0) is 23.4. The molecule has 1 aromatic heterocycles. The molecule has 0 saturated heterocycles. The lowest BCUT2D eigenvalue weighted by Crippen LogP contribution is -2.21. The first kappa shape index (κ1) is 22.9. The van der Waals surface area contributed by atoms with Gasteiger partial charge >= 0.3 is 6.18 Å². The van der Waals surface area contributed by atoms with Crippen LogP contribution in [0.4, 0.5) is 18.9 Å². The second-order valence-electron chi connectivity index (χ2n) is 6.82. The number of carbonyl (C=O) groups is 1. The van der Waals surface area contributed by atoms with Crippen LogP contribution in [0, 0.1) is 0 Å². The Labute approximate surface area is 196 Å². The van der Waals surface area contributed by atoms with E-state index >= 15 is 0 Å². The predicted octanol–water partition coefficient (Wildman–Crippen LogP) is 6.88. The Morgan fingerprint density at radius 1 is 0.970 bits per heavy atom. The summed E-state index contributed by atoms with van der Waals surface area (Å²) in [5, 5.41) is 9.42. The number of amides is 1. The molecule has 33 heavy (non-hydrogen) atoms. The van der Waals surface area contributed by atoms with Crippen molar-refractivity contribution < 1.29 is 22.4 Å². The predicted molar refractivity (Wildman–Crippen MR) is 120 cm³/mol. The van der Waals surface area contributed by atoms with E-state index in [1.54, 1.807) is 42.5 Å². The van der Waals surface area contributed by atoms with Crippen LogP contribution < -0.4 is 5.32 Å². The smallest absolute Gasteiger partial charge is 0.411 e. The molecule has 1 amide bonds. The number of rotatable bonds is 6. The molecule has 0 bridgehead atoms. The van der Waals surface area contributed by atoms with Crippen molar-refractivity contribution >= 4 is 35.0 Å². The zero-order valence-corrected chi connectivity index (χ0v) is 18.3. The van der Waals surface area contributed by atoms with Gasteiger partial charge in [0.2, 0.25) is 11.8 Å². The lowest BCUT2D eigenvalue weighted by atomic mass is 10.1. The van der Waals surface area contributed by atoms with Gasteiger partial charge in [-0.3, -0.25) is 4.79 Å². The van der Waals surface area contributed by atoms with Crippen molar-refractivity contribution in [2.75, 3.05) is 5.32 Å². The van der Waals surface area contributed by atoms with Crippen LogP contribution in [0.2, 0.25) is 5.02 Å². The van der Waals surface area contributed by atoms with Gasteiger partial charge in [0, 0.05) is 10.6 Å². The second kappa shape index (κ2) is 9.68. The van der Waals surface area contributed by atoms with Crippen LogP contribution in [0.3, 0.4) is 0 Å². The molecular formula is C23H15ClF3N3O2S.